The molecular weight excluding hydrogens is 217 g/mol. The molecule has 2 atom stereocenters. The average Bonchev–Trinajstić information content (AvgIpc) is 2.33. The Bertz CT molecular complexity index is 274. The third-order valence-corrected chi connectivity index (χ3v) is 2.66. The summed E-state index contributed by atoms with van der Waals surface area (Å²) < 4.78 is 12.4. The van der Waals surface area contributed by atoms with Crippen LogP contribution in [0.1, 0.15) is 20.3 Å². The Morgan fingerprint density at radius 3 is 2.65 bits per heavy atom. The number of nitrogens with zero attached hydrogens (tertiary/aromatic N) is 2. The standard InChI is InChI=1S/C13H24FN3/c1-6-16-13(15-4)7-8-17(5)12(3)9-11(2)10-14/h6-8,11-12H,1,9-10H2,2-5H3,(H,15,16)/b8-7-. The number of alkyl halides is 1. The summed E-state index contributed by atoms with van der Waals surface area (Å²) in [5.74, 6) is 0.851. The molecule has 17 heavy (non-hydrogen) atoms. The van der Waals surface area contributed by atoms with Gasteiger partial charge in [0.25, 0.3) is 0 Å². The molecule has 4 heteroatoms. The Labute approximate surface area is 104 Å². The van der Waals surface area contributed by atoms with E-state index < -0.39 is 0 Å². The topological polar surface area (TPSA) is 27.6 Å². The van der Waals surface area contributed by atoms with Crippen molar-refractivity contribution in [2.75, 3.05) is 20.8 Å². The zero-order valence-corrected chi connectivity index (χ0v) is 11.3. The van der Waals surface area contributed by atoms with Crippen molar-refractivity contribution < 1.29 is 4.39 Å². The molecule has 0 amide bonds. The molecule has 3 nitrogen and oxygen atoms in total. The molecule has 0 aliphatic rings. The fourth-order valence-corrected chi connectivity index (χ4v) is 1.44. The highest BCUT2D eigenvalue weighted by molar-refractivity contribution is 5.92. The molecule has 0 saturated carbocycles. The third kappa shape index (κ3) is 6.76. The molecule has 2 unspecified atom stereocenters. The van der Waals surface area contributed by atoms with Gasteiger partial charge in [0.2, 0.25) is 0 Å². The van der Waals surface area contributed by atoms with E-state index in [0.717, 1.165) is 12.3 Å². The van der Waals surface area contributed by atoms with Crippen LogP contribution in [0.4, 0.5) is 4.39 Å². The number of nitrogens with one attached hydrogen (secondary N) is 1. The van der Waals surface area contributed by atoms with Gasteiger partial charge in [0, 0.05) is 32.5 Å². The molecule has 0 aromatic carbocycles. The third-order valence-electron chi connectivity index (χ3n) is 2.66. The summed E-state index contributed by atoms with van der Waals surface area (Å²) in [5, 5.41) is 2.95. The smallest absolute Gasteiger partial charge is 0.127 e. The first-order chi connectivity index (χ1) is 8.04. The Morgan fingerprint density at radius 2 is 2.18 bits per heavy atom. The minimum atomic E-state index is -0.262. The number of hydrogen-bond donors (Lipinski definition) is 1. The van der Waals surface area contributed by atoms with Gasteiger partial charge in [-0.05, 0) is 25.3 Å². The second-order valence-corrected chi connectivity index (χ2v) is 4.27. The molecule has 0 spiro atoms. The Morgan fingerprint density at radius 1 is 1.53 bits per heavy atom. The number of likely N-dealkylation sites (N-methyl/N-ethyl adjacent to an activating group) is 1. The first-order valence-corrected chi connectivity index (χ1v) is 5.87. The van der Waals surface area contributed by atoms with E-state index >= 15 is 0 Å². The van der Waals surface area contributed by atoms with E-state index in [1.807, 2.05) is 26.2 Å². The first kappa shape index (κ1) is 15.7. The quantitative estimate of drug-likeness (QED) is 0.548. The van der Waals surface area contributed by atoms with E-state index in [4.69, 9.17) is 0 Å². The first-order valence-electron chi connectivity index (χ1n) is 5.87. The summed E-state index contributed by atoms with van der Waals surface area (Å²) in [6, 6.07) is 0.304. The zero-order chi connectivity index (χ0) is 13.3. The zero-order valence-electron chi connectivity index (χ0n) is 11.3. The van der Waals surface area contributed by atoms with Gasteiger partial charge in [-0.15, -0.1) is 0 Å². The van der Waals surface area contributed by atoms with Crippen LogP contribution in [0.5, 0.6) is 0 Å². The SMILES string of the molecule is C=C/N=C(\C=C/N(C)C(C)CC(C)CF)NC. The number of hydrogen-bond acceptors (Lipinski definition) is 2. The van der Waals surface area contributed by atoms with Crippen LogP contribution in [0.25, 0.3) is 0 Å². The number of rotatable bonds is 7. The van der Waals surface area contributed by atoms with Gasteiger partial charge in [-0.3, -0.25) is 4.39 Å². The lowest BCUT2D eigenvalue weighted by atomic mass is 10.0. The lowest BCUT2D eigenvalue weighted by Crippen LogP contribution is -2.27. The Hall–Kier alpha value is -1.32. The summed E-state index contributed by atoms with van der Waals surface area (Å²) in [4.78, 5) is 6.10. The highest BCUT2D eigenvalue weighted by Gasteiger charge is 2.10. The van der Waals surface area contributed by atoms with E-state index in [-0.39, 0.29) is 12.6 Å². The summed E-state index contributed by atoms with van der Waals surface area (Å²) >= 11 is 0. The van der Waals surface area contributed by atoms with E-state index in [2.05, 4.69) is 28.7 Å². The van der Waals surface area contributed by atoms with Crippen LogP contribution in [0.2, 0.25) is 0 Å². The van der Waals surface area contributed by atoms with Crippen molar-refractivity contribution in [3.05, 3.63) is 25.1 Å². The molecule has 0 bridgehead atoms. The van der Waals surface area contributed by atoms with Crippen molar-refractivity contribution in [1.29, 1.82) is 0 Å². The molecule has 0 fully saturated rings. The van der Waals surface area contributed by atoms with Gasteiger partial charge in [-0.2, -0.15) is 0 Å². The molecule has 0 rings (SSSR count). The lowest BCUT2D eigenvalue weighted by molar-refractivity contribution is 0.266. The van der Waals surface area contributed by atoms with Crippen molar-refractivity contribution in [1.82, 2.24) is 10.2 Å². The molecule has 1 N–H and O–H groups in total. The largest absolute Gasteiger partial charge is 0.378 e. The summed E-state index contributed by atoms with van der Waals surface area (Å²) in [6.45, 7) is 7.29. The van der Waals surface area contributed by atoms with Crippen molar-refractivity contribution >= 4 is 5.84 Å². The highest BCUT2D eigenvalue weighted by atomic mass is 19.1. The highest BCUT2D eigenvalue weighted by Crippen LogP contribution is 2.11. The van der Waals surface area contributed by atoms with Gasteiger partial charge < -0.3 is 10.2 Å². The molecule has 0 aromatic heterocycles. The van der Waals surface area contributed by atoms with Crippen molar-refractivity contribution in [2.24, 2.45) is 10.9 Å². The maximum Gasteiger partial charge on any atom is 0.127 e. The monoisotopic (exact) mass is 241 g/mol. The maximum atomic E-state index is 12.4. The predicted molar refractivity (Wildman–Crippen MR) is 72.8 cm³/mol. The summed E-state index contributed by atoms with van der Waals surface area (Å²) in [5.41, 5.74) is 0. The average molecular weight is 241 g/mol. The molecular formula is C13H24FN3. The fraction of sp³-hybridized carbons (Fsp3) is 0.615. The minimum absolute atomic E-state index is 0.103. The van der Waals surface area contributed by atoms with Crippen LogP contribution in [0, 0.1) is 5.92 Å². The van der Waals surface area contributed by atoms with Crippen LogP contribution in [-0.4, -0.2) is 37.5 Å². The van der Waals surface area contributed by atoms with E-state index in [9.17, 15) is 4.39 Å². The van der Waals surface area contributed by atoms with Gasteiger partial charge in [-0.25, -0.2) is 4.99 Å². The van der Waals surface area contributed by atoms with Gasteiger partial charge >= 0.3 is 0 Å². The second kappa shape index (κ2) is 8.79. The van der Waals surface area contributed by atoms with Crippen molar-refractivity contribution in [2.45, 2.75) is 26.3 Å². The predicted octanol–water partition coefficient (Wildman–Crippen LogP) is 2.58. The van der Waals surface area contributed by atoms with E-state index in [0.29, 0.717) is 6.04 Å². The Balaban J connectivity index is 4.31. The molecule has 0 aliphatic heterocycles. The summed E-state index contributed by atoms with van der Waals surface area (Å²) in [6.07, 6.45) is 6.14. The van der Waals surface area contributed by atoms with Crippen LogP contribution >= 0.6 is 0 Å². The maximum absolute atomic E-state index is 12.4. The normalized spacial score (nSPS) is 15.7. The fourth-order valence-electron chi connectivity index (χ4n) is 1.44. The second-order valence-electron chi connectivity index (χ2n) is 4.27. The number of halogens is 1. The van der Waals surface area contributed by atoms with E-state index in [1.165, 1.54) is 6.20 Å². The van der Waals surface area contributed by atoms with Crippen LogP contribution in [-0.2, 0) is 0 Å². The van der Waals surface area contributed by atoms with E-state index in [1.54, 1.807) is 7.05 Å². The van der Waals surface area contributed by atoms with Crippen molar-refractivity contribution in [3.8, 4) is 0 Å². The van der Waals surface area contributed by atoms with Crippen LogP contribution in [0.15, 0.2) is 30.0 Å². The lowest BCUT2D eigenvalue weighted by Gasteiger charge is -2.25. The van der Waals surface area contributed by atoms with Crippen LogP contribution in [0.3, 0.4) is 0 Å². The minimum Gasteiger partial charge on any atom is -0.378 e. The summed E-state index contributed by atoms with van der Waals surface area (Å²) in [7, 11) is 3.79. The molecule has 0 radical (unpaired) electrons. The molecule has 0 aliphatic carbocycles. The molecule has 98 valence electrons. The van der Waals surface area contributed by atoms with Crippen molar-refractivity contribution in [3.63, 3.8) is 0 Å². The van der Waals surface area contributed by atoms with Gasteiger partial charge in [-0.1, -0.05) is 13.5 Å². The number of aliphatic imine (C=N–C) groups is 1. The molecule has 0 saturated heterocycles. The Kier molecular flexibility index (Phi) is 8.11. The van der Waals surface area contributed by atoms with Crippen LogP contribution < -0.4 is 5.32 Å². The molecule has 0 aromatic rings. The van der Waals surface area contributed by atoms with Gasteiger partial charge in [0.15, 0.2) is 0 Å². The van der Waals surface area contributed by atoms with Gasteiger partial charge in [0.1, 0.15) is 5.84 Å². The van der Waals surface area contributed by atoms with Gasteiger partial charge in [0.05, 0.1) is 6.67 Å². The molecule has 0 heterocycles. The number of amidine groups is 1.